The number of hydrogen-bond donors (Lipinski definition) is 3. The summed E-state index contributed by atoms with van der Waals surface area (Å²) < 4.78 is 9.16. The second kappa shape index (κ2) is 9.05. The van der Waals surface area contributed by atoms with Crippen LogP contribution in [-0.4, -0.2) is 22.2 Å². The maximum atomic E-state index is 11.1. The monoisotopic (exact) mass is 791 g/mol. The van der Waals surface area contributed by atoms with Crippen LogP contribution in [0.4, 0.5) is 0 Å². The molecule has 0 aliphatic rings. The van der Waals surface area contributed by atoms with Crippen LogP contribution < -0.4 is 10.5 Å². The molecule has 134 valence electrons. The fraction of sp³-hybridized carbons (Fsp3) is 0.188. The molecule has 2 aromatic carbocycles. The molecule has 0 aliphatic carbocycles. The van der Waals surface area contributed by atoms with Crippen LogP contribution in [0.1, 0.15) is 18.4 Å². The first-order valence-electron chi connectivity index (χ1n) is 6.95. The van der Waals surface area contributed by atoms with Crippen LogP contribution in [0.5, 0.6) is 17.2 Å². The second-order valence-corrected chi connectivity index (χ2v) is 9.95. The third kappa shape index (κ3) is 5.22. The number of phenolic OH excluding ortho intramolecular Hbond substituents is 1. The Kier molecular flexibility index (Phi) is 7.85. The highest BCUT2D eigenvalue weighted by Gasteiger charge is 2.23. The summed E-state index contributed by atoms with van der Waals surface area (Å²) in [6.07, 6.45) is 0. The zero-order chi connectivity index (χ0) is 18.9. The smallest absolute Gasteiger partial charge is 0.321 e. The largest absolute Gasteiger partial charge is 0.506 e. The average molecular weight is 791 g/mol. The molecule has 25 heavy (non-hydrogen) atoms. The van der Waals surface area contributed by atoms with Gasteiger partial charge in [-0.2, -0.15) is 0 Å². The molecule has 2 unspecified atom stereocenters. The lowest BCUT2D eigenvalue weighted by Gasteiger charge is -2.19. The van der Waals surface area contributed by atoms with E-state index in [4.69, 9.17) is 15.6 Å². The Hall–Kier alpha value is 0.390. The number of carbonyl (C=O) groups is 1. The lowest BCUT2D eigenvalue weighted by Crippen LogP contribution is -2.35. The van der Waals surface area contributed by atoms with Crippen molar-refractivity contribution in [3.8, 4) is 17.2 Å². The molecule has 9 heteroatoms. The predicted octanol–water partition coefficient (Wildman–Crippen LogP) is 5.12. The molecule has 0 amide bonds. The van der Waals surface area contributed by atoms with Crippen LogP contribution in [0.3, 0.4) is 0 Å². The molecule has 5 nitrogen and oxygen atoms in total. The Labute approximate surface area is 199 Å². The van der Waals surface area contributed by atoms with Crippen LogP contribution in [-0.2, 0) is 4.79 Å². The van der Waals surface area contributed by atoms with Gasteiger partial charge in [0.2, 0.25) is 0 Å². The van der Waals surface area contributed by atoms with Gasteiger partial charge in [0.1, 0.15) is 17.5 Å². The first-order chi connectivity index (χ1) is 11.6. The van der Waals surface area contributed by atoms with Gasteiger partial charge < -0.3 is 20.7 Å². The van der Waals surface area contributed by atoms with E-state index in [9.17, 15) is 9.90 Å². The van der Waals surface area contributed by atoms with E-state index in [2.05, 4.69) is 90.4 Å². The Balaban J connectivity index is 2.36. The summed E-state index contributed by atoms with van der Waals surface area (Å²) in [5, 5.41) is 19.0. The molecule has 4 N–H and O–H groups in total. The van der Waals surface area contributed by atoms with E-state index in [0.717, 1.165) is 12.7 Å². The molecule has 0 fully saturated rings. The van der Waals surface area contributed by atoms with Gasteiger partial charge in [-0.3, -0.25) is 4.79 Å². The van der Waals surface area contributed by atoms with Gasteiger partial charge >= 0.3 is 5.97 Å². The summed E-state index contributed by atoms with van der Waals surface area (Å²) in [6.45, 7) is 1.80. The minimum atomic E-state index is -1.02. The lowest BCUT2D eigenvalue weighted by molar-refractivity contribution is -0.139. The van der Waals surface area contributed by atoms with Gasteiger partial charge in [-0.1, -0.05) is 6.92 Å². The number of halogens is 4. The first kappa shape index (κ1) is 21.7. The standard InChI is InChI=1S/C16H13I4NO4/c1-6(13(21)16(23)24)7-2-11(19)15(12(20)3-7)25-8-4-9(17)14(22)10(18)5-8/h2-6,13,22H,21H2,1H3,(H,23,24). The third-order valence-corrected chi connectivity index (χ3v) is 6.83. The Bertz CT molecular complexity index is 782. The Morgan fingerprint density at radius 2 is 1.52 bits per heavy atom. The molecular formula is C16H13I4NO4. The highest BCUT2D eigenvalue weighted by atomic mass is 127. The van der Waals surface area contributed by atoms with Crippen molar-refractivity contribution in [2.75, 3.05) is 0 Å². The topological polar surface area (TPSA) is 92.8 Å². The minimum absolute atomic E-state index is 0.241. The summed E-state index contributed by atoms with van der Waals surface area (Å²) in [7, 11) is 0. The number of aliphatic carboxylic acids is 1. The highest BCUT2D eigenvalue weighted by molar-refractivity contribution is 14.1. The van der Waals surface area contributed by atoms with Crippen LogP contribution in [0, 0.1) is 14.3 Å². The molecule has 2 rings (SSSR count). The van der Waals surface area contributed by atoms with Crippen molar-refractivity contribution in [2.45, 2.75) is 18.9 Å². The normalized spacial score (nSPS) is 13.4. The highest BCUT2D eigenvalue weighted by Crippen LogP contribution is 2.38. The van der Waals surface area contributed by atoms with Crippen LogP contribution in [0.2, 0.25) is 0 Å². The van der Waals surface area contributed by atoms with Gasteiger partial charge in [-0.05, 0) is 120 Å². The molecule has 0 saturated heterocycles. The van der Waals surface area contributed by atoms with Crippen LogP contribution >= 0.6 is 90.4 Å². The number of phenols is 1. The van der Waals surface area contributed by atoms with E-state index in [1.54, 1.807) is 19.1 Å². The molecule has 2 atom stereocenters. The summed E-state index contributed by atoms with van der Waals surface area (Å²) in [5.74, 6) is 0.226. The SMILES string of the molecule is CC(c1cc(I)c(Oc2cc(I)c(O)c(I)c2)c(I)c1)C(N)C(=O)O. The van der Waals surface area contributed by atoms with Gasteiger partial charge in [0.05, 0.1) is 14.3 Å². The first-order valence-corrected chi connectivity index (χ1v) is 11.3. The van der Waals surface area contributed by atoms with E-state index < -0.39 is 12.0 Å². The number of hydrogen-bond acceptors (Lipinski definition) is 4. The van der Waals surface area contributed by atoms with Gasteiger partial charge in [-0.15, -0.1) is 0 Å². The minimum Gasteiger partial charge on any atom is -0.506 e. The molecule has 0 aromatic heterocycles. The summed E-state index contributed by atoms with van der Waals surface area (Å²) >= 11 is 8.44. The number of carboxylic acids is 1. The maximum absolute atomic E-state index is 11.1. The van der Waals surface area contributed by atoms with E-state index in [-0.39, 0.29) is 11.7 Å². The number of rotatable bonds is 5. The molecule has 0 aliphatic heterocycles. The number of benzene rings is 2. The number of aromatic hydroxyl groups is 1. The van der Waals surface area contributed by atoms with Crippen molar-refractivity contribution in [3.63, 3.8) is 0 Å². The van der Waals surface area contributed by atoms with Crippen molar-refractivity contribution in [1.29, 1.82) is 0 Å². The fourth-order valence-corrected chi connectivity index (χ4v) is 5.83. The van der Waals surface area contributed by atoms with Gasteiger partial charge in [0, 0.05) is 5.92 Å². The van der Waals surface area contributed by atoms with Crippen molar-refractivity contribution >= 4 is 96.3 Å². The second-order valence-electron chi connectivity index (χ2n) is 5.30. The molecule has 0 bridgehead atoms. The van der Waals surface area contributed by atoms with E-state index >= 15 is 0 Å². The van der Waals surface area contributed by atoms with Crippen LogP contribution in [0.25, 0.3) is 0 Å². The van der Waals surface area contributed by atoms with E-state index in [1.807, 2.05) is 12.1 Å². The number of ether oxygens (including phenoxy) is 1. The third-order valence-electron chi connectivity index (χ3n) is 3.58. The van der Waals surface area contributed by atoms with Crippen LogP contribution in [0.15, 0.2) is 24.3 Å². The summed E-state index contributed by atoms with van der Waals surface area (Å²) in [6, 6.07) is 6.35. The van der Waals surface area contributed by atoms with Crippen molar-refractivity contribution in [3.05, 3.63) is 44.1 Å². The molecule has 0 radical (unpaired) electrons. The molecular weight excluding hydrogens is 778 g/mol. The number of carboxylic acid groups (broad SMARTS) is 1. The van der Waals surface area contributed by atoms with Gasteiger partial charge in [-0.25, -0.2) is 0 Å². The summed E-state index contributed by atoms with van der Waals surface area (Å²) in [4.78, 5) is 11.1. The van der Waals surface area contributed by atoms with E-state index in [0.29, 0.717) is 18.6 Å². The van der Waals surface area contributed by atoms with Gasteiger partial charge in [0.25, 0.3) is 0 Å². The zero-order valence-electron chi connectivity index (χ0n) is 12.8. The Morgan fingerprint density at radius 3 is 1.96 bits per heavy atom. The zero-order valence-corrected chi connectivity index (χ0v) is 21.4. The predicted molar refractivity (Wildman–Crippen MR) is 130 cm³/mol. The van der Waals surface area contributed by atoms with Crippen molar-refractivity contribution in [1.82, 2.24) is 0 Å². The van der Waals surface area contributed by atoms with Crippen molar-refractivity contribution in [2.24, 2.45) is 5.73 Å². The number of nitrogens with two attached hydrogens (primary N) is 1. The molecule has 0 spiro atoms. The lowest BCUT2D eigenvalue weighted by atomic mass is 9.94. The van der Waals surface area contributed by atoms with Gasteiger partial charge in [0.15, 0.2) is 5.75 Å². The summed E-state index contributed by atoms with van der Waals surface area (Å²) in [5.41, 5.74) is 6.59. The molecule has 2 aromatic rings. The van der Waals surface area contributed by atoms with E-state index in [1.165, 1.54) is 0 Å². The maximum Gasteiger partial charge on any atom is 0.321 e. The molecule has 0 saturated carbocycles. The van der Waals surface area contributed by atoms with Crippen molar-refractivity contribution < 1.29 is 19.7 Å². The Morgan fingerprint density at radius 1 is 1.04 bits per heavy atom. The quantitative estimate of drug-likeness (QED) is 0.367. The average Bonchev–Trinajstić information content (AvgIpc) is 2.54. The fourth-order valence-electron chi connectivity index (χ4n) is 2.08. The molecule has 0 heterocycles.